The summed E-state index contributed by atoms with van der Waals surface area (Å²) in [5.41, 5.74) is 3.40. The van der Waals surface area contributed by atoms with Gasteiger partial charge in [0.2, 0.25) is 5.91 Å². The summed E-state index contributed by atoms with van der Waals surface area (Å²) in [6, 6.07) is 16.0. The van der Waals surface area contributed by atoms with Crippen LogP contribution in [-0.4, -0.2) is 11.7 Å². The molecule has 0 saturated carbocycles. The molecule has 20 heavy (non-hydrogen) atoms. The van der Waals surface area contributed by atoms with Gasteiger partial charge in [-0.2, -0.15) is 0 Å². The van der Waals surface area contributed by atoms with Crippen LogP contribution in [0.3, 0.4) is 0 Å². The van der Waals surface area contributed by atoms with Crippen molar-refractivity contribution in [3.8, 4) is 0 Å². The van der Waals surface area contributed by atoms with Crippen LogP contribution in [0.4, 0.5) is 5.69 Å². The van der Waals surface area contributed by atoms with E-state index in [4.69, 9.17) is 0 Å². The van der Waals surface area contributed by atoms with Crippen molar-refractivity contribution in [2.75, 3.05) is 11.1 Å². The van der Waals surface area contributed by atoms with Crippen LogP contribution < -0.4 is 5.32 Å². The second-order valence-electron chi connectivity index (χ2n) is 4.78. The molecule has 3 heteroatoms. The summed E-state index contributed by atoms with van der Waals surface area (Å²) in [6.45, 7) is 4.20. The highest BCUT2D eigenvalue weighted by atomic mass is 32.2. The lowest BCUT2D eigenvalue weighted by Gasteiger charge is -2.07. The van der Waals surface area contributed by atoms with Gasteiger partial charge in [0.25, 0.3) is 0 Å². The fraction of sp³-hybridized carbons (Fsp3) is 0.235. The van der Waals surface area contributed by atoms with Crippen LogP contribution in [0.5, 0.6) is 0 Å². The van der Waals surface area contributed by atoms with Crippen molar-refractivity contribution in [2.24, 2.45) is 0 Å². The first-order chi connectivity index (χ1) is 9.65. The van der Waals surface area contributed by atoms with Crippen molar-refractivity contribution in [1.29, 1.82) is 0 Å². The Morgan fingerprint density at radius 2 is 1.85 bits per heavy atom. The topological polar surface area (TPSA) is 29.1 Å². The van der Waals surface area contributed by atoms with Crippen molar-refractivity contribution >= 4 is 23.4 Å². The third-order valence-electron chi connectivity index (χ3n) is 2.97. The number of carbonyl (C=O) groups is 1. The van der Waals surface area contributed by atoms with Gasteiger partial charge in [-0.3, -0.25) is 4.79 Å². The molecule has 2 rings (SSSR count). The molecule has 2 nitrogen and oxygen atoms in total. The highest BCUT2D eigenvalue weighted by Gasteiger charge is 2.04. The summed E-state index contributed by atoms with van der Waals surface area (Å²) in [6.07, 6.45) is 0.521. The molecule has 1 amide bonds. The molecule has 0 radical (unpaired) electrons. The Bertz CT molecular complexity index is 581. The molecule has 0 aliphatic carbocycles. The number of hydrogen-bond donors (Lipinski definition) is 1. The van der Waals surface area contributed by atoms with Gasteiger partial charge in [0.05, 0.1) is 0 Å². The van der Waals surface area contributed by atoms with E-state index in [1.165, 1.54) is 16.0 Å². The summed E-state index contributed by atoms with van der Waals surface area (Å²) < 4.78 is 0. The van der Waals surface area contributed by atoms with E-state index < -0.39 is 0 Å². The number of para-hydroxylation sites is 1. The van der Waals surface area contributed by atoms with Gasteiger partial charge in [-0.05, 0) is 37.6 Å². The summed E-state index contributed by atoms with van der Waals surface area (Å²) >= 11 is 1.73. The normalized spacial score (nSPS) is 10.3. The van der Waals surface area contributed by atoms with E-state index in [9.17, 15) is 4.79 Å². The Morgan fingerprint density at radius 3 is 2.55 bits per heavy atom. The third kappa shape index (κ3) is 4.42. The van der Waals surface area contributed by atoms with Crippen LogP contribution in [0.25, 0.3) is 0 Å². The number of rotatable bonds is 5. The number of amides is 1. The monoisotopic (exact) mass is 285 g/mol. The Kier molecular flexibility index (Phi) is 5.24. The van der Waals surface area contributed by atoms with E-state index in [2.05, 4.69) is 37.4 Å². The van der Waals surface area contributed by atoms with Gasteiger partial charge in [0, 0.05) is 22.8 Å². The minimum Gasteiger partial charge on any atom is -0.326 e. The molecular formula is C17H19NOS. The molecule has 0 bridgehead atoms. The molecule has 0 heterocycles. The molecule has 0 spiro atoms. The number of thioether (sulfide) groups is 1. The fourth-order valence-corrected chi connectivity index (χ4v) is 2.92. The zero-order valence-corrected chi connectivity index (χ0v) is 12.7. The molecule has 0 unspecified atom stereocenters. The van der Waals surface area contributed by atoms with Crippen LogP contribution in [-0.2, 0) is 4.79 Å². The predicted molar refractivity (Wildman–Crippen MR) is 86.3 cm³/mol. The van der Waals surface area contributed by atoms with E-state index in [1.54, 1.807) is 11.8 Å². The standard InChI is InChI=1S/C17H19NOS/c1-13-8-9-16(14(2)12-13)20-11-10-17(19)18-15-6-4-3-5-7-15/h3-9,12H,10-11H2,1-2H3,(H,18,19). The summed E-state index contributed by atoms with van der Waals surface area (Å²) in [4.78, 5) is 13.1. The van der Waals surface area contributed by atoms with Gasteiger partial charge < -0.3 is 5.32 Å². The molecule has 0 aromatic heterocycles. The van der Waals surface area contributed by atoms with Crippen molar-refractivity contribution in [3.63, 3.8) is 0 Å². The molecule has 2 aromatic carbocycles. The Hall–Kier alpha value is -1.74. The number of carbonyl (C=O) groups excluding carboxylic acids is 1. The number of nitrogens with one attached hydrogen (secondary N) is 1. The second kappa shape index (κ2) is 7.15. The number of anilines is 1. The predicted octanol–water partition coefficient (Wildman–Crippen LogP) is 4.42. The average molecular weight is 285 g/mol. The maximum atomic E-state index is 11.8. The van der Waals surface area contributed by atoms with Crippen LogP contribution in [0.1, 0.15) is 17.5 Å². The van der Waals surface area contributed by atoms with E-state index in [0.29, 0.717) is 6.42 Å². The van der Waals surface area contributed by atoms with Crippen molar-refractivity contribution in [2.45, 2.75) is 25.2 Å². The maximum Gasteiger partial charge on any atom is 0.225 e. The zero-order chi connectivity index (χ0) is 14.4. The summed E-state index contributed by atoms with van der Waals surface area (Å²) in [5.74, 6) is 0.858. The number of benzene rings is 2. The smallest absolute Gasteiger partial charge is 0.225 e. The molecule has 0 fully saturated rings. The number of hydrogen-bond acceptors (Lipinski definition) is 2. The van der Waals surface area contributed by atoms with Crippen molar-refractivity contribution < 1.29 is 4.79 Å². The lowest BCUT2D eigenvalue weighted by molar-refractivity contribution is -0.115. The first-order valence-corrected chi connectivity index (χ1v) is 7.68. The van der Waals surface area contributed by atoms with Gasteiger partial charge in [0.15, 0.2) is 0 Å². The first kappa shape index (κ1) is 14.7. The van der Waals surface area contributed by atoms with Gasteiger partial charge in [-0.15, -0.1) is 11.8 Å². The van der Waals surface area contributed by atoms with Gasteiger partial charge in [-0.1, -0.05) is 35.9 Å². The Balaban J connectivity index is 1.79. The molecule has 0 aliphatic rings. The van der Waals surface area contributed by atoms with Crippen LogP contribution in [0, 0.1) is 13.8 Å². The minimum atomic E-state index is 0.0634. The van der Waals surface area contributed by atoms with E-state index in [1.807, 2.05) is 30.3 Å². The molecule has 2 aromatic rings. The van der Waals surface area contributed by atoms with Crippen LogP contribution in [0.15, 0.2) is 53.4 Å². The molecule has 1 N–H and O–H groups in total. The first-order valence-electron chi connectivity index (χ1n) is 6.70. The van der Waals surface area contributed by atoms with Crippen molar-refractivity contribution in [1.82, 2.24) is 0 Å². The Morgan fingerprint density at radius 1 is 1.10 bits per heavy atom. The SMILES string of the molecule is Cc1ccc(SCCC(=O)Nc2ccccc2)c(C)c1. The van der Waals surface area contributed by atoms with E-state index >= 15 is 0 Å². The lowest BCUT2D eigenvalue weighted by atomic mass is 10.2. The summed E-state index contributed by atoms with van der Waals surface area (Å²) in [7, 11) is 0. The highest BCUT2D eigenvalue weighted by molar-refractivity contribution is 7.99. The second-order valence-corrected chi connectivity index (χ2v) is 5.92. The number of aryl methyl sites for hydroxylation is 2. The summed E-state index contributed by atoms with van der Waals surface area (Å²) in [5, 5.41) is 2.90. The van der Waals surface area contributed by atoms with Gasteiger partial charge in [0.1, 0.15) is 0 Å². The Labute approximate surface area is 124 Å². The maximum absolute atomic E-state index is 11.8. The molecule has 0 atom stereocenters. The lowest BCUT2D eigenvalue weighted by Crippen LogP contribution is -2.11. The van der Waals surface area contributed by atoms with Crippen LogP contribution >= 0.6 is 11.8 Å². The zero-order valence-electron chi connectivity index (χ0n) is 11.8. The van der Waals surface area contributed by atoms with Crippen molar-refractivity contribution in [3.05, 3.63) is 59.7 Å². The molecule has 0 aliphatic heterocycles. The van der Waals surface area contributed by atoms with Crippen LogP contribution in [0.2, 0.25) is 0 Å². The quantitative estimate of drug-likeness (QED) is 0.824. The largest absolute Gasteiger partial charge is 0.326 e. The molecule has 0 saturated heterocycles. The molecular weight excluding hydrogens is 266 g/mol. The van der Waals surface area contributed by atoms with Gasteiger partial charge >= 0.3 is 0 Å². The van der Waals surface area contributed by atoms with E-state index in [0.717, 1.165) is 11.4 Å². The average Bonchev–Trinajstić information content (AvgIpc) is 2.42. The van der Waals surface area contributed by atoms with E-state index in [-0.39, 0.29) is 5.91 Å². The van der Waals surface area contributed by atoms with Gasteiger partial charge in [-0.25, -0.2) is 0 Å². The fourth-order valence-electron chi connectivity index (χ4n) is 1.96. The minimum absolute atomic E-state index is 0.0634. The molecule has 104 valence electrons. The highest BCUT2D eigenvalue weighted by Crippen LogP contribution is 2.23. The third-order valence-corrected chi connectivity index (χ3v) is 4.15.